The summed E-state index contributed by atoms with van der Waals surface area (Å²) in [6, 6.07) is 9.41. The number of aromatic nitrogens is 1. The van der Waals surface area contributed by atoms with E-state index in [9.17, 15) is 13.2 Å². The smallest absolute Gasteiger partial charge is 0.248 e. The van der Waals surface area contributed by atoms with E-state index in [1.807, 2.05) is 19.1 Å². The highest BCUT2D eigenvalue weighted by molar-refractivity contribution is 7.89. The van der Waals surface area contributed by atoms with E-state index in [-0.39, 0.29) is 23.1 Å². The van der Waals surface area contributed by atoms with Gasteiger partial charge in [-0.25, -0.2) is 8.42 Å². The summed E-state index contributed by atoms with van der Waals surface area (Å²) in [5.74, 6) is -0.0443. The van der Waals surface area contributed by atoms with E-state index < -0.39 is 15.9 Å². The van der Waals surface area contributed by atoms with E-state index in [0.717, 1.165) is 5.69 Å². The van der Waals surface area contributed by atoms with Crippen LogP contribution in [-0.4, -0.2) is 42.8 Å². The first kappa shape index (κ1) is 17.4. The lowest BCUT2D eigenvalue weighted by Crippen LogP contribution is -2.31. The fourth-order valence-corrected chi connectivity index (χ4v) is 4.22. The molecule has 1 saturated heterocycles. The third-order valence-corrected chi connectivity index (χ3v) is 5.91. The van der Waals surface area contributed by atoms with Crippen LogP contribution in [0.2, 0.25) is 0 Å². The zero-order valence-electron chi connectivity index (χ0n) is 13.8. The van der Waals surface area contributed by atoms with E-state index >= 15 is 0 Å². The Balaban J connectivity index is 1.73. The van der Waals surface area contributed by atoms with E-state index in [1.165, 1.54) is 28.6 Å². The lowest BCUT2D eigenvalue weighted by Gasteiger charge is -2.17. The predicted octanol–water partition coefficient (Wildman–Crippen LogP) is 1.33. The van der Waals surface area contributed by atoms with Crippen molar-refractivity contribution in [2.75, 3.05) is 13.1 Å². The minimum atomic E-state index is -3.70. The lowest BCUT2D eigenvalue weighted by atomic mass is 10.2. The monoisotopic (exact) mass is 361 g/mol. The number of benzene rings is 1. The quantitative estimate of drug-likeness (QED) is 0.865. The van der Waals surface area contributed by atoms with Crippen LogP contribution >= 0.6 is 0 Å². The summed E-state index contributed by atoms with van der Waals surface area (Å²) in [6.45, 7) is 2.48. The maximum absolute atomic E-state index is 12.8. The summed E-state index contributed by atoms with van der Waals surface area (Å²) in [5, 5.41) is 0. The number of hydrogen-bond acceptors (Lipinski definition) is 5. The van der Waals surface area contributed by atoms with Gasteiger partial charge in [-0.1, -0.05) is 6.07 Å². The van der Waals surface area contributed by atoms with Crippen molar-refractivity contribution in [3.05, 3.63) is 53.9 Å². The Kier molecular flexibility index (Phi) is 4.73. The average molecular weight is 361 g/mol. The summed E-state index contributed by atoms with van der Waals surface area (Å²) in [7, 11) is -3.70. The molecule has 1 aliphatic rings. The number of amides is 1. The van der Waals surface area contributed by atoms with Gasteiger partial charge in [-0.05, 0) is 43.7 Å². The standard InChI is InChI=1S/C17H19N3O4S/c1-12-5-6-14(10-19-12)24-15-7-8-20(11-15)25(22,23)16-4-2-3-13(9-16)17(18)21/h2-6,9-10,15H,7-8,11H2,1H3,(H2,18,21)/t15-/m1/s1. The molecule has 2 aromatic rings. The van der Waals surface area contributed by atoms with E-state index in [1.54, 1.807) is 6.20 Å². The van der Waals surface area contributed by atoms with Gasteiger partial charge in [-0.15, -0.1) is 0 Å². The van der Waals surface area contributed by atoms with E-state index in [0.29, 0.717) is 18.7 Å². The molecule has 0 aliphatic carbocycles. The number of rotatable bonds is 5. The van der Waals surface area contributed by atoms with Crippen molar-refractivity contribution in [2.45, 2.75) is 24.3 Å². The largest absolute Gasteiger partial charge is 0.487 e. The number of primary amides is 1. The fraction of sp³-hybridized carbons (Fsp3) is 0.294. The Morgan fingerprint density at radius 2 is 2.12 bits per heavy atom. The van der Waals surface area contributed by atoms with Gasteiger partial charge in [0, 0.05) is 17.8 Å². The van der Waals surface area contributed by atoms with Crippen LogP contribution in [0.15, 0.2) is 47.5 Å². The normalized spacial score (nSPS) is 18.2. The number of carbonyl (C=O) groups excluding carboxylic acids is 1. The molecule has 0 unspecified atom stereocenters. The summed E-state index contributed by atoms with van der Waals surface area (Å²) >= 11 is 0. The second kappa shape index (κ2) is 6.81. The molecule has 2 N–H and O–H groups in total. The molecular weight excluding hydrogens is 342 g/mol. The summed E-state index contributed by atoms with van der Waals surface area (Å²) in [6.07, 6.45) is 1.98. The summed E-state index contributed by atoms with van der Waals surface area (Å²) < 4.78 is 32.7. The minimum Gasteiger partial charge on any atom is -0.487 e. The molecule has 2 heterocycles. The van der Waals surface area contributed by atoms with Gasteiger partial charge < -0.3 is 10.5 Å². The highest BCUT2D eigenvalue weighted by atomic mass is 32.2. The molecule has 1 fully saturated rings. The fourth-order valence-electron chi connectivity index (χ4n) is 2.69. The summed E-state index contributed by atoms with van der Waals surface area (Å²) in [5.41, 5.74) is 6.28. The van der Waals surface area contributed by atoms with Crippen LogP contribution in [0.4, 0.5) is 0 Å². The van der Waals surface area contributed by atoms with Crippen molar-refractivity contribution in [1.82, 2.24) is 9.29 Å². The molecule has 25 heavy (non-hydrogen) atoms. The third kappa shape index (κ3) is 3.80. The molecule has 3 rings (SSSR count). The SMILES string of the molecule is Cc1ccc(O[C@@H]2CCN(S(=O)(=O)c3cccc(C(N)=O)c3)C2)cn1. The molecular formula is C17H19N3O4S. The molecule has 132 valence electrons. The molecule has 1 aromatic carbocycles. The Labute approximate surface area is 146 Å². The zero-order chi connectivity index (χ0) is 18.0. The van der Waals surface area contributed by atoms with Gasteiger partial charge in [-0.3, -0.25) is 9.78 Å². The Hall–Kier alpha value is -2.45. The number of nitrogens with zero attached hydrogens (tertiary/aromatic N) is 2. The first-order valence-corrected chi connectivity index (χ1v) is 9.29. The van der Waals surface area contributed by atoms with Crippen LogP contribution in [0, 0.1) is 6.92 Å². The van der Waals surface area contributed by atoms with Crippen LogP contribution in [-0.2, 0) is 10.0 Å². The van der Waals surface area contributed by atoms with Gasteiger partial charge in [0.05, 0.1) is 17.6 Å². The average Bonchev–Trinajstić information content (AvgIpc) is 3.06. The van der Waals surface area contributed by atoms with Crippen molar-refractivity contribution < 1.29 is 17.9 Å². The van der Waals surface area contributed by atoms with Gasteiger partial charge in [0.15, 0.2) is 0 Å². The number of carbonyl (C=O) groups is 1. The number of aryl methyl sites for hydroxylation is 1. The van der Waals surface area contributed by atoms with Crippen molar-refractivity contribution in [3.8, 4) is 5.75 Å². The molecule has 1 aliphatic heterocycles. The van der Waals surface area contributed by atoms with Gasteiger partial charge >= 0.3 is 0 Å². The van der Waals surface area contributed by atoms with Crippen molar-refractivity contribution >= 4 is 15.9 Å². The van der Waals surface area contributed by atoms with Gasteiger partial charge in [-0.2, -0.15) is 4.31 Å². The Morgan fingerprint density at radius 1 is 1.32 bits per heavy atom. The third-order valence-electron chi connectivity index (χ3n) is 4.05. The topological polar surface area (TPSA) is 103 Å². The predicted molar refractivity (Wildman–Crippen MR) is 91.7 cm³/mol. The Morgan fingerprint density at radius 3 is 2.80 bits per heavy atom. The van der Waals surface area contributed by atoms with Crippen molar-refractivity contribution in [1.29, 1.82) is 0 Å². The Bertz CT molecular complexity index is 881. The molecule has 1 amide bonds. The van der Waals surface area contributed by atoms with Crippen LogP contribution in [0.25, 0.3) is 0 Å². The highest BCUT2D eigenvalue weighted by Gasteiger charge is 2.33. The van der Waals surface area contributed by atoms with Gasteiger partial charge in [0.25, 0.3) is 0 Å². The molecule has 1 aromatic heterocycles. The maximum Gasteiger partial charge on any atom is 0.248 e. The van der Waals surface area contributed by atoms with Gasteiger partial charge in [0.2, 0.25) is 15.9 Å². The number of sulfonamides is 1. The molecule has 1 atom stereocenters. The second-order valence-corrected chi connectivity index (χ2v) is 7.86. The highest BCUT2D eigenvalue weighted by Crippen LogP contribution is 2.24. The van der Waals surface area contributed by atoms with E-state index in [2.05, 4.69) is 4.98 Å². The second-order valence-electron chi connectivity index (χ2n) is 5.92. The molecule has 8 heteroatoms. The van der Waals surface area contributed by atoms with E-state index in [4.69, 9.17) is 10.5 Å². The number of nitrogens with two attached hydrogens (primary N) is 1. The zero-order valence-corrected chi connectivity index (χ0v) is 14.6. The molecule has 7 nitrogen and oxygen atoms in total. The molecule has 0 radical (unpaired) electrons. The number of ether oxygens (including phenoxy) is 1. The van der Waals surface area contributed by atoms with Crippen molar-refractivity contribution in [3.63, 3.8) is 0 Å². The number of pyridine rings is 1. The van der Waals surface area contributed by atoms with Crippen LogP contribution in [0.1, 0.15) is 22.5 Å². The molecule has 0 spiro atoms. The van der Waals surface area contributed by atoms with Crippen LogP contribution in [0.3, 0.4) is 0 Å². The molecule has 0 bridgehead atoms. The van der Waals surface area contributed by atoms with Crippen molar-refractivity contribution in [2.24, 2.45) is 5.73 Å². The summed E-state index contributed by atoms with van der Waals surface area (Å²) in [4.78, 5) is 15.5. The number of hydrogen-bond donors (Lipinski definition) is 1. The van der Waals surface area contributed by atoms with Gasteiger partial charge in [0.1, 0.15) is 11.9 Å². The lowest BCUT2D eigenvalue weighted by molar-refractivity contribution is 0.1000. The van der Waals surface area contributed by atoms with Crippen LogP contribution < -0.4 is 10.5 Å². The first-order valence-electron chi connectivity index (χ1n) is 7.85. The molecule has 0 saturated carbocycles. The first-order chi connectivity index (χ1) is 11.9. The maximum atomic E-state index is 12.8. The van der Waals surface area contributed by atoms with Crippen LogP contribution in [0.5, 0.6) is 5.75 Å². The minimum absolute atomic E-state index is 0.0569.